The average Bonchev–Trinajstić information content (AvgIpc) is 3.10. The van der Waals surface area contributed by atoms with Crippen LogP contribution in [0, 0.1) is 0 Å². The number of benzene rings is 2. The van der Waals surface area contributed by atoms with E-state index in [-0.39, 0.29) is 18.3 Å². The van der Waals surface area contributed by atoms with Gasteiger partial charge in [-0.2, -0.15) is 0 Å². The van der Waals surface area contributed by atoms with Crippen LogP contribution in [0.3, 0.4) is 0 Å². The molecule has 0 aliphatic rings. The van der Waals surface area contributed by atoms with Gasteiger partial charge in [-0.05, 0) is 37.3 Å². The Balaban J connectivity index is 1.66. The lowest BCUT2D eigenvalue weighted by atomic mass is 10.2. The largest absolute Gasteiger partial charge is 0.460 e. The Hall–Kier alpha value is -3.12. The van der Waals surface area contributed by atoms with Crippen molar-refractivity contribution in [3.8, 4) is 0 Å². The van der Waals surface area contributed by atoms with Gasteiger partial charge in [0.05, 0.1) is 12.2 Å². The summed E-state index contributed by atoms with van der Waals surface area (Å²) in [6, 6.07) is 15.6. The van der Waals surface area contributed by atoms with Crippen LogP contribution >= 0.6 is 0 Å². The lowest BCUT2D eigenvalue weighted by molar-refractivity contribution is 0.0335. The zero-order chi connectivity index (χ0) is 18.4. The molecule has 0 saturated heterocycles. The molecule has 0 aliphatic carbocycles. The van der Waals surface area contributed by atoms with Gasteiger partial charge in [0.2, 0.25) is 0 Å². The van der Waals surface area contributed by atoms with E-state index in [1.54, 1.807) is 36.4 Å². The summed E-state index contributed by atoms with van der Waals surface area (Å²) in [5, 5.41) is 3.58. The van der Waals surface area contributed by atoms with E-state index in [1.807, 2.05) is 25.1 Å². The predicted octanol–water partition coefficient (Wildman–Crippen LogP) is 3.88. The summed E-state index contributed by atoms with van der Waals surface area (Å²) >= 11 is 0. The molecule has 0 radical (unpaired) electrons. The van der Waals surface area contributed by atoms with Crippen molar-refractivity contribution in [2.45, 2.75) is 6.92 Å². The SMILES string of the molecule is CCOCCOC(=O)c1cccc(NC(=O)c2cc3ccccc3o2)c1. The topological polar surface area (TPSA) is 77.8 Å². The Bertz CT molecular complexity index is 882. The second-order valence-electron chi connectivity index (χ2n) is 5.52. The molecule has 26 heavy (non-hydrogen) atoms. The minimum Gasteiger partial charge on any atom is -0.460 e. The van der Waals surface area contributed by atoms with Crippen LogP contribution in [-0.2, 0) is 9.47 Å². The monoisotopic (exact) mass is 353 g/mol. The molecular weight excluding hydrogens is 334 g/mol. The first kappa shape index (κ1) is 17.7. The van der Waals surface area contributed by atoms with Gasteiger partial charge in [-0.1, -0.05) is 24.3 Å². The third-order valence-corrected chi connectivity index (χ3v) is 3.67. The van der Waals surface area contributed by atoms with Crippen LogP contribution in [0.1, 0.15) is 27.8 Å². The smallest absolute Gasteiger partial charge is 0.338 e. The van der Waals surface area contributed by atoms with Crippen molar-refractivity contribution in [1.82, 2.24) is 0 Å². The lowest BCUT2D eigenvalue weighted by Crippen LogP contribution is -2.13. The number of hydrogen-bond acceptors (Lipinski definition) is 5. The summed E-state index contributed by atoms with van der Waals surface area (Å²) in [4.78, 5) is 24.4. The number of furan rings is 1. The van der Waals surface area contributed by atoms with Gasteiger partial charge in [-0.3, -0.25) is 4.79 Å². The fourth-order valence-corrected chi connectivity index (χ4v) is 2.43. The molecule has 0 unspecified atom stereocenters. The highest BCUT2D eigenvalue weighted by Gasteiger charge is 2.14. The molecule has 6 nitrogen and oxygen atoms in total. The summed E-state index contributed by atoms with van der Waals surface area (Å²) in [5.41, 5.74) is 1.47. The van der Waals surface area contributed by atoms with Crippen LogP contribution in [0.5, 0.6) is 0 Å². The number of nitrogens with one attached hydrogen (secondary N) is 1. The molecule has 0 fully saturated rings. The molecule has 1 N–H and O–H groups in total. The predicted molar refractivity (Wildman–Crippen MR) is 97.4 cm³/mol. The highest BCUT2D eigenvalue weighted by atomic mass is 16.6. The van der Waals surface area contributed by atoms with Gasteiger partial charge >= 0.3 is 5.97 Å². The summed E-state index contributed by atoms with van der Waals surface area (Å²) in [6.45, 7) is 2.98. The van der Waals surface area contributed by atoms with E-state index in [4.69, 9.17) is 13.9 Å². The number of hydrogen-bond donors (Lipinski definition) is 1. The van der Waals surface area contributed by atoms with Crippen LogP contribution in [-0.4, -0.2) is 31.7 Å². The summed E-state index contributed by atoms with van der Waals surface area (Å²) < 4.78 is 15.8. The Morgan fingerprint density at radius 3 is 2.69 bits per heavy atom. The molecule has 0 spiro atoms. The summed E-state index contributed by atoms with van der Waals surface area (Å²) in [5.74, 6) is -0.650. The first-order valence-electron chi connectivity index (χ1n) is 8.32. The van der Waals surface area contributed by atoms with Gasteiger partial charge in [-0.25, -0.2) is 4.79 Å². The third-order valence-electron chi connectivity index (χ3n) is 3.67. The Kier molecular flexibility index (Phi) is 5.66. The molecule has 1 aromatic heterocycles. The Labute approximate surface area is 150 Å². The van der Waals surface area contributed by atoms with Crippen molar-refractivity contribution in [3.05, 3.63) is 65.9 Å². The highest BCUT2D eigenvalue weighted by molar-refractivity contribution is 6.05. The second-order valence-corrected chi connectivity index (χ2v) is 5.52. The number of para-hydroxylation sites is 1. The minimum atomic E-state index is -0.468. The minimum absolute atomic E-state index is 0.183. The number of rotatable bonds is 7. The molecule has 6 heteroatoms. The maximum atomic E-state index is 12.4. The molecule has 1 heterocycles. The number of esters is 1. The van der Waals surface area contributed by atoms with Crippen LogP contribution in [0.2, 0.25) is 0 Å². The van der Waals surface area contributed by atoms with Gasteiger partial charge in [0.15, 0.2) is 5.76 Å². The Morgan fingerprint density at radius 2 is 1.88 bits per heavy atom. The molecular formula is C20H19NO5. The fourth-order valence-electron chi connectivity index (χ4n) is 2.43. The maximum Gasteiger partial charge on any atom is 0.338 e. The maximum absolute atomic E-state index is 12.4. The number of carbonyl (C=O) groups excluding carboxylic acids is 2. The van der Waals surface area contributed by atoms with E-state index in [2.05, 4.69) is 5.32 Å². The molecule has 3 aromatic rings. The van der Waals surface area contributed by atoms with Crippen LogP contribution in [0.25, 0.3) is 11.0 Å². The van der Waals surface area contributed by atoms with Crippen LogP contribution in [0.15, 0.2) is 59.0 Å². The van der Waals surface area contributed by atoms with Crippen molar-refractivity contribution in [2.24, 2.45) is 0 Å². The van der Waals surface area contributed by atoms with E-state index in [0.29, 0.717) is 30.0 Å². The molecule has 1 amide bonds. The zero-order valence-electron chi connectivity index (χ0n) is 14.4. The van der Waals surface area contributed by atoms with Crippen LogP contribution in [0.4, 0.5) is 5.69 Å². The van der Waals surface area contributed by atoms with Crippen molar-refractivity contribution < 1.29 is 23.5 Å². The summed E-state index contributed by atoms with van der Waals surface area (Å²) in [6.07, 6.45) is 0. The summed E-state index contributed by atoms with van der Waals surface area (Å²) in [7, 11) is 0. The van der Waals surface area contributed by atoms with E-state index in [9.17, 15) is 9.59 Å². The molecule has 3 rings (SSSR count). The van der Waals surface area contributed by atoms with Crippen LogP contribution < -0.4 is 5.32 Å². The molecule has 134 valence electrons. The molecule has 0 atom stereocenters. The number of amides is 1. The van der Waals surface area contributed by atoms with E-state index in [0.717, 1.165) is 5.39 Å². The number of fused-ring (bicyclic) bond motifs is 1. The standard InChI is InChI=1S/C20H19NO5/c1-2-24-10-11-25-20(23)15-7-5-8-16(12-15)21-19(22)18-13-14-6-3-4-9-17(14)26-18/h3-9,12-13H,2,10-11H2,1H3,(H,21,22). The first-order chi connectivity index (χ1) is 12.7. The highest BCUT2D eigenvalue weighted by Crippen LogP contribution is 2.20. The van der Waals surface area contributed by atoms with Crippen molar-refractivity contribution in [2.75, 3.05) is 25.1 Å². The van der Waals surface area contributed by atoms with E-state index in [1.165, 1.54) is 0 Å². The van der Waals surface area contributed by atoms with Gasteiger partial charge < -0.3 is 19.2 Å². The fraction of sp³-hybridized carbons (Fsp3) is 0.200. The van der Waals surface area contributed by atoms with E-state index >= 15 is 0 Å². The van der Waals surface area contributed by atoms with Gasteiger partial charge in [0, 0.05) is 17.7 Å². The first-order valence-corrected chi connectivity index (χ1v) is 8.32. The third kappa shape index (κ3) is 4.29. The number of carbonyl (C=O) groups is 2. The molecule has 2 aromatic carbocycles. The van der Waals surface area contributed by atoms with Gasteiger partial charge in [0.1, 0.15) is 12.2 Å². The second kappa shape index (κ2) is 8.31. The van der Waals surface area contributed by atoms with Crippen molar-refractivity contribution >= 4 is 28.5 Å². The van der Waals surface area contributed by atoms with E-state index < -0.39 is 5.97 Å². The molecule has 0 saturated carbocycles. The van der Waals surface area contributed by atoms with Gasteiger partial charge in [0.25, 0.3) is 5.91 Å². The van der Waals surface area contributed by atoms with Gasteiger partial charge in [-0.15, -0.1) is 0 Å². The lowest BCUT2D eigenvalue weighted by Gasteiger charge is -2.07. The number of anilines is 1. The molecule has 0 aliphatic heterocycles. The normalized spacial score (nSPS) is 10.7. The van der Waals surface area contributed by atoms with Crippen molar-refractivity contribution in [3.63, 3.8) is 0 Å². The quantitative estimate of drug-likeness (QED) is 0.515. The van der Waals surface area contributed by atoms with Crippen molar-refractivity contribution in [1.29, 1.82) is 0 Å². The Morgan fingerprint density at radius 1 is 1.04 bits per heavy atom. The number of ether oxygens (including phenoxy) is 2. The molecule has 0 bridgehead atoms. The average molecular weight is 353 g/mol. The zero-order valence-corrected chi connectivity index (χ0v) is 14.4.